The summed E-state index contributed by atoms with van der Waals surface area (Å²) in [7, 11) is -3.51. The van der Waals surface area contributed by atoms with Crippen molar-refractivity contribution in [2.75, 3.05) is 26.2 Å². The fourth-order valence-electron chi connectivity index (χ4n) is 4.41. The van der Waals surface area contributed by atoms with E-state index in [1.54, 1.807) is 11.0 Å². The molecule has 1 fully saturated rings. The molecule has 0 N–H and O–H groups in total. The molecule has 0 saturated carbocycles. The highest BCUT2D eigenvalue weighted by molar-refractivity contribution is 7.93. The molecule has 3 aromatic carbocycles. The largest absolute Gasteiger partial charge is 0.336 e. The lowest BCUT2D eigenvalue weighted by molar-refractivity contribution is 0.0698. The lowest BCUT2D eigenvalue weighted by Crippen LogP contribution is -2.50. The Balaban J connectivity index is 1.29. The first kappa shape index (κ1) is 20.0. The van der Waals surface area contributed by atoms with Crippen LogP contribution < -0.4 is 0 Å². The van der Waals surface area contributed by atoms with Crippen LogP contribution in [-0.2, 0) is 16.4 Å². The monoisotopic (exact) mass is 432 g/mol. The van der Waals surface area contributed by atoms with Gasteiger partial charge in [-0.05, 0) is 52.9 Å². The fraction of sp³-hybridized carbons (Fsp3) is 0.240. The molecule has 1 aliphatic carbocycles. The number of carbonyl (C=O) groups is 1. The van der Waals surface area contributed by atoms with Gasteiger partial charge in [0.1, 0.15) is 0 Å². The zero-order valence-electron chi connectivity index (χ0n) is 17.2. The number of rotatable bonds is 3. The topological polar surface area (TPSA) is 57.7 Å². The van der Waals surface area contributed by atoms with Gasteiger partial charge in [-0.15, -0.1) is 0 Å². The number of hydrogen-bond acceptors (Lipinski definition) is 3. The van der Waals surface area contributed by atoms with Crippen molar-refractivity contribution in [2.45, 2.75) is 12.8 Å². The predicted octanol–water partition coefficient (Wildman–Crippen LogP) is 3.91. The lowest BCUT2D eigenvalue weighted by atomic mass is 9.98. The van der Waals surface area contributed by atoms with E-state index in [9.17, 15) is 13.2 Å². The van der Waals surface area contributed by atoms with Crippen LogP contribution in [-0.4, -0.2) is 49.7 Å². The van der Waals surface area contributed by atoms with E-state index in [0.29, 0.717) is 43.1 Å². The molecule has 3 aromatic rings. The number of aryl methyl sites for hydroxylation is 1. The van der Waals surface area contributed by atoms with E-state index < -0.39 is 10.0 Å². The molecule has 31 heavy (non-hydrogen) atoms. The summed E-state index contributed by atoms with van der Waals surface area (Å²) in [6.45, 7) is 1.44. The number of benzene rings is 3. The third kappa shape index (κ3) is 3.77. The smallest absolute Gasteiger partial charge is 0.253 e. The highest BCUT2D eigenvalue weighted by Gasteiger charge is 2.32. The summed E-state index contributed by atoms with van der Waals surface area (Å²) in [6, 6.07) is 21.6. The number of hydrogen-bond donors (Lipinski definition) is 0. The van der Waals surface area contributed by atoms with E-state index in [1.165, 1.54) is 9.87 Å². The number of amides is 1. The van der Waals surface area contributed by atoms with Crippen molar-refractivity contribution in [3.63, 3.8) is 0 Å². The summed E-state index contributed by atoms with van der Waals surface area (Å²) in [5.74, 6) is -0.0476. The first-order valence-electron chi connectivity index (χ1n) is 10.6. The van der Waals surface area contributed by atoms with Gasteiger partial charge in [0.2, 0.25) is 10.0 Å². The number of fused-ring (bicyclic) bond motifs is 2. The summed E-state index contributed by atoms with van der Waals surface area (Å²) in [4.78, 5) is 15.2. The van der Waals surface area contributed by atoms with E-state index in [4.69, 9.17) is 0 Å². The van der Waals surface area contributed by atoms with Crippen LogP contribution in [0.5, 0.6) is 0 Å². The Morgan fingerprint density at radius 3 is 2.29 bits per heavy atom. The van der Waals surface area contributed by atoms with Gasteiger partial charge >= 0.3 is 0 Å². The quantitative estimate of drug-likeness (QED) is 0.630. The van der Waals surface area contributed by atoms with Gasteiger partial charge < -0.3 is 4.90 Å². The van der Waals surface area contributed by atoms with Crippen LogP contribution in [0.1, 0.15) is 27.9 Å². The first-order valence-corrected chi connectivity index (χ1v) is 12.0. The molecule has 0 spiro atoms. The third-order valence-electron chi connectivity index (χ3n) is 6.21. The number of piperazine rings is 1. The minimum atomic E-state index is -3.51. The van der Waals surface area contributed by atoms with E-state index in [1.807, 2.05) is 66.7 Å². The number of carbonyl (C=O) groups excluding carboxylic acids is 1. The Bertz CT molecular complexity index is 1290. The van der Waals surface area contributed by atoms with Crippen molar-refractivity contribution >= 4 is 32.8 Å². The minimum Gasteiger partial charge on any atom is -0.336 e. The SMILES string of the molecule is O=C(c1ccc2ccccc2c1)N1CCN(S(=O)(=O)C2=Cc3ccccc3CC2)CC1. The molecule has 6 heteroatoms. The third-order valence-corrected chi connectivity index (χ3v) is 8.24. The average Bonchev–Trinajstić information content (AvgIpc) is 2.83. The lowest BCUT2D eigenvalue weighted by Gasteiger charge is -2.35. The van der Waals surface area contributed by atoms with Crippen LogP contribution in [0.4, 0.5) is 0 Å². The molecule has 1 heterocycles. The summed E-state index contributed by atoms with van der Waals surface area (Å²) in [5, 5.41) is 2.12. The maximum Gasteiger partial charge on any atom is 0.253 e. The highest BCUT2D eigenvalue weighted by Crippen LogP contribution is 2.29. The molecule has 0 atom stereocenters. The van der Waals surface area contributed by atoms with Crippen molar-refractivity contribution in [3.05, 3.63) is 88.3 Å². The van der Waals surface area contributed by atoms with Crippen LogP contribution in [0.25, 0.3) is 16.8 Å². The maximum atomic E-state index is 13.2. The Hall–Kier alpha value is -2.96. The van der Waals surface area contributed by atoms with Crippen molar-refractivity contribution in [1.82, 2.24) is 9.21 Å². The summed E-state index contributed by atoms with van der Waals surface area (Å²) < 4.78 is 27.9. The Morgan fingerprint density at radius 2 is 1.48 bits per heavy atom. The Morgan fingerprint density at radius 1 is 0.774 bits per heavy atom. The van der Waals surface area contributed by atoms with E-state index in [2.05, 4.69) is 0 Å². The molecule has 5 rings (SSSR count). The van der Waals surface area contributed by atoms with Gasteiger partial charge in [-0.3, -0.25) is 4.79 Å². The number of allylic oxidation sites excluding steroid dienone is 1. The number of nitrogens with zero attached hydrogens (tertiary/aromatic N) is 2. The van der Waals surface area contributed by atoms with Gasteiger partial charge in [0.05, 0.1) is 4.91 Å². The van der Waals surface area contributed by atoms with Gasteiger partial charge in [0.25, 0.3) is 5.91 Å². The van der Waals surface area contributed by atoms with Gasteiger partial charge in [-0.1, -0.05) is 54.6 Å². The molecular weight excluding hydrogens is 408 g/mol. The normalized spacial score (nSPS) is 17.3. The molecule has 0 aromatic heterocycles. The second-order valence-corrected chi connectivity index (χ2v) is 10.1. The van der Waals surface area contributed by atoms with E-state index in [0.717, 1.165) is 22.8 Å². The summed E-state index contributed by atoms with van der Waals surface area (Å²) in [6.07, 6.45) is 3.07. The molecule has 158 valence electrons. The molecule has 0 radical (unpaired) electrons. The molecule has 0 unspecified atom stereocenters. The predicted molar refractivity (Wildman–Crippen MR) is 123 cm³/mol. The molecule has 0 bridgehead atoms. The molecule has 1 saturated heterocycles. The first-order chi connectivity index (χ1) is 15.0. The molecular formula is C25H24N2O3S. The standard InChI is InChI=1S/C25H24N2O3S/c28-25(23-10-9-19-5-1-3-7-21(19)17-23)26-13-15-27(16-14-26)31(29,30)24-12-11-20-6-2-4-8-22(20)18-24/h1-10,17-18H,11-16H2. The summed E-state index contributed by atoms with van der Waals surface area (Å²) >= 11 is 0. The van der Waals surface area contributed by atoms with Crippen LogP contribution in [0, 0.1) is 0 Å². The molecule has 1 aliphatic heterocycles. The fourth-order valence-corrected chi connectivity index (χ4v) is 6.02. The Labute approximate surface area is 182 Å². The zero-order chi connectivity index (χ0) is 21.4. The van der Waals surface area contributed by atoms with Crippen LogP contribution in [0.2, 0.25) is 0 Å². The minimum absolute atomic E-state index is 0.0476. The molecule has 1 amide bonds. The van der Waals surface area contributed by atoms with Gasteiger partial charge in [-0.2, -0.15) is 4.31 Å². The number of sulfonamides is 1. The Kier molecular flexibility index (Phi) is 5.12. The van der Waals surface area contributed by atoms with E-state index in [-0.39, 0.29) is 5.91 Å². The van der Waals surface area contributed by atoms with Crippen LogP contribution in [0.15, 0.2) is 71.6 Å². The van der Waals surface area contributed by atoms with Crippen molar-refractivity contribution < 1.29 is 13.2 Å². The second-order valence-electron chi connectivity index (χ2n) is 8.07. The van der Waals surface area contributed by atoms with Crippen molar-refractivity contribution in [1.29, 1.82) is 0 Å². The summed E-state index contributed by atoms with van der Waals surface area (Å²) in [5.41, 5.74) is 2.81. The highest BCUT2D eigenvalue weighted by atomic mass is 32.2. The zero-order valence-corrected chi connectivity index (χ0v) is 18.0. The molecule has 2 aliphatic rings. The van der Waals surface area contributed by atoms with Gasteiger partial charge in [-0.25, -0.2) is 8.42 Å². The maximum absolute atomic E-state index is 13.2. The average molecular weight is 433 g/mol. The van der Waals surface area contributed by atoms with E-state index >= 15 is 0 Å². The van der Waals surface area contributed by atoms with Crippen molar-refractivity contribution in [3.8, 4) is 0 Å². The second kappa shape index (κ2) is 7.94. The van der Waals surface area contributed by atoms with Gasteiger partial charge in [0.15, 0.2) is 0 Å². The van der Waals surface area contributed by atoms with Crippen molar-refractivity contribution in [2.24, 2.45) is 0 Å². The molecule has 5 nitrogen and oxygen atoms in total. The van der Waals surface area contributed by atoms with Crippen LogP contribution in [0.3, 0.4) is 0 Å². The van der Waals surface area contributed by atoms with Crippen LogP contribution >= 0.6 is 0 Å². The van der Waals surface area contributed by atoms with Gasteiger partial charge in [0, 0.05) is 31.7 Å².